The first-order valence-electron chi connectivity index (χ1n) is 27.5. The summed E-state index contributed by atoms with van der Waals surface area (Å²) in [4.78, 5) is 123. The number of thiophene rings is 1. The van der Waals surface area contributed by atoms with E-state index >= 15 is 0 Å². The summed E-state index contributed by atoms with van der Waals surface area (Å²) in [6, 6.07) is 30.0. The van der Waals surface area contributed by atoms with Crippen molar-refractivity contribution in [3.63, 3.8) is 0 Å². The molecule has 32 heteroatoms. The second-order valence-electron chi connectivity index (χ2n) is 19.7. The van der Waals surface area contributed by atoms with Gasteiger partial charge in [-0.1, -0.05) is 37.3 Å². The summed E-state index contributed by atoms with van der Waals surface area (Å²) >= 11 is 1.35. The van der Waals surface area contributed by atoms with E-state index in [0.717, 1.165) is 0 Å². The number of nitrogens with zero attached hydrogens (tertiary/aromatic N) is 12. The summed E-state index contributed by atoms with van der Waals surface area (Å²) < 4.78 is 37.8. The number of aromatic nitrogens is 16. The molecule has 12 rings (SSSR count). The molecular weight excluding hydrogens is 1210 g/mol. The molecule has 29 nitrogen and oxygen atoms in total. The Morgan fingerprint density at radius 3 is 1.30 bits per heavy atom. The van der Waals surface area contributed by atoms with Crippen molar-refractivity contribution in [3.05, 3.63) is 254 Å². The maximum atomic E-state index is 13.7. The average Bonchev–Trinajstić information content (AvgIpc) is 2.94. The van der Waals surface area contributed by atoms with Crippen molar-refractivity contribution >= 4 is 58.2 Å². The molecule has 0 saturated heterocycles. The Labute approximate surface area is 521 Å². The molecule has 0 spiro atoms. The molecule has 468 valence electrons. The maximum Gasteiger partial charge on any atom is 0.292 e. The van der Waals surface area contributed by atoms with Crippen molar-refractivity contribution in [2.75, 3.05) is 21.3 Å². The Balaban J connectivity index is 0.000000145. The smallest absolute Gasteiger partial charge is 0.292 e. The largest absolute Gasteiger partial charge is 0.459 e. The molecule has 0 radical (unpaired) electrons. The summed E-state index contributed by atoms with van der Waals surface area (Å²) in [7, 11) is 0. The van der Waals surface area contributed by atoms with Gasteiger partial charge in [-0.25, -0.2) is 28.7 Å². The number of amides is 4. The normalized spacial score (nSPS) is 10.6. The number of carbonyl (C=O) groups excluding carboxylic acids is 4. The molecule has 2 aromatic carbocycles. The minimum atomic E-state index is -0.625. The van der Waals surface area contributed by atoms with Gasteiger partial charge in [-0.15, -0.1) is 11.3 Å². The Morgan fingerprint density at radius 1 is 0.467 bits per heavy atom. The quantitative estimate of drug-likeness (QED) is 0.0566. The molecule has 8 N–H and O–H groups in total. The molecule has 92 heavy (non-hydrogen) atoms. The third kappa shape index (κ3) is 16.2. The van der Waals surface area contributed by atoms with Crippen molar-refractivity contribution in [2.45, 2.75) is 54.9 Å². The number of hydrogen-bond acceptors (Lipinski definition) is 18. The van der Waals surface area contributed by atoms with Crippen LogP contribution in [0.2, 0.25) is 0 Å². The van der Waals surface area contributed by atoms with E-state index < -0.39 is 29.4 Å². The second-order valence-corrected chi connectivity index (χ2v) is 20.6. The minimum Gasteiger partial charge on any atom is -0.459 e. The molecule has 10 heterocycles. The number of aromatic amines is 4. The van der Waals surface area contributed by atoms with Crippen LogP contribution in [0.4, 0.5) is 32.1 Å². The predicted molar refractivity (Wildman–Crippen MR) is 333 cm³/mol. The van der Waals surface area contributed by atoms with Crippen molar-refractivity contribution in [1.82, 2.24) is 79.0 Å². The fourth-order valence-corrected chi connectivity index (χ4v) is 9.03. The van der Waals surface area contributed by atoms with Crippen LogP contribution in [-0.2, 0) is 6.42 Å². The van der Waals surface area contributed by atoms with Crippen molar-refractivity contribution in [1.29, 1.82) is 0 Å². The van der Waals surface area contributed by atoms with E-state index in [1.54, 1.807) is 90.1 Å². The number of H-pyrrole nitrogens is 4. The third-order valence-electron chi connectivity index (χ3n) is 12.3. The fourth-order valence-electron chi connectivity index (χ4n) is 8.41. The van der Waals surface area contributed by atoms with Crippen LogP contribution >= 0.6 is 11.3 Å². The lowest BCUT2D eigenvalue weighted by atomic mass is 10.2. The molecule has 12 aromatic rings. The summed E-state index contributed by atoms with van der Waals surface area (Å²) in [6.45, 7) is 12.3. The van der Waals surface area contributed by atoms with E-state index in [2.05, 4.69) is 81.5 Å². The van der Waals surface area contributed by atoms with Gasteiger partial charge in [-0.3, -0.25) is 58.3 Å². The Morgan fingerprint density at radius 2 is 0.891 bits per heavy atom. The van der Waals surface area contributed by atoms with Gasteiger partial charge in [0, 0.05) is 71.3 Å². The Hall–Kier alpha value is -12.5. The van der Waals surface area contributed by atoms with Crippen LogP contribution in [0.3, 0.4) is 0 Å². The van der Waals surface area contributed by atoms with Crippen LogP contribution in [0.1, 0.15) is 87.7 Å². The van der Waals surface area contributed by atoms with Crippen LogP contribution in [-0.4, -0.2) is 103 Å². The van der Waals surface area contributed by atoms with Gasteiger partial charge in [-0.05, 0) is 95.8 Å². The molecule has 0 atom stereocenters. The minimum absolute atomic E-state index is 0.0889. The number of carbonyl (C=O) groups is 4. The first-order chi connectivity index (χ1) is 44.1. The van der Waals surface area contributed by atoms with Crippen molar-refractivity contribution < 1.29 is 32.4 Å². The Bertz CT molecular complexity index is 4760. The van der Waals surface area contributed by atoms with E-state index in [4.69, 9.17) is 4.42 Å². The highest BCUT2D eigenvalue weighted by molar-refractivity contribution is 7.12. The molecule has 0 aliphatic carbocycles. The average molecular weight is 1270 g/mol. The maximum absolute atomic E-state index is 13.7. The van der Waals surface area contributed by atoms with E-state index in [-0.39, 0.29) is 80.5 Å². The number of aryl methyl sites for hydroxylation is 7. The zero-order chi connectivity index (χ0) is 65.8. The van der Waals surface area contributed by atoms with E-state index in [1.165, 1.54) is 109 Å². The van der Waals surface area contributed by atoms with Gasteiger partial charge in [0.05, 0.1) is 45.5 Å². The summed E-state index contributed by atoms with van der Waals surface area (Å²) in [5.41, 5.74) is 2.79. The molecule has 0 aliphatic rings. The summed E-state index contributed by atoms with van der Waals surface area (Å²) in [6.07, 6.45) is 3.43. The van der Waals surface area contributed by atoms with Crippen LogP contribution < -0.4 is 43.5 Å². The first kappa shape index (κ1) is 64.0. The van der Waals surface area contributed by atoms with Crippen molar-refractivity contribution in [2.24, 2.45) is 0 Å². The molecule has 0 saturated carbocycles. The number of hydrogen-bond donors (Lipinski definition) is 8. The molecule has 0 aliphatic heterocycles. The van der Waals surface area contributed by atoms with Gasteiger partial charge in [0.25, 0.3) is 45.9 Å². The van der Waals surface area contributed by atoms with Crippen LogP contribution in [0, 0.1) is 53.2 Å². The lowest BCUT2D eigenvalue weighted by molar-refractivity contribution is 0.0992. The molecule has 10 aromatic heterocycles. The first-order valence-corrected chi connectivity index (χ1v) is 28.4. The molecule has 4 amide bonds. The number of rotatable bonds is 13. The van der Waals surface area contributed by atoms with Gasteiger partial charge < -0.3 is 25.7 Å². The van der Waals surface area contributed by atoms with Gasteiger partial charge in [0.2, 0.25) is 23.8 Å². The van der Waals surface area contributed by atoms with Crippen LogP contribution in [0.15, 0.2) is 163 Å². The number of halogens is 2. The highest BCUT2D eigenvalue weighted by Gasteiger charge is 2.20. The number of nitrogens with one attached hydrogen (secondary N) is 8. The SMILES string of the molecule is CCc1cc(=O)[nH]c(-n2nccc2NC(=O)c2ccccc2F)n1.Cc1cc(=O)[nH]c(-n2nc(C)cc2NC(=O)c2ccccc2F)n1.Cc1cc(=O)[nH]c(-n2nc(C)cc2NC(=O)c2ccco2)n1.Cc1cc(=O)[nH]c(-n2nc(C)cc2NC(=O)c2cccs2)n1. The monoisotopic (exact) mass is 1270 g/mol. The Kier molecular flexibility index (Phi) is 19.9. The zero-order valence-electron chi connectivity index (χ0n) is 49.7. The van der Waals surface area contributed by atoms with Gasteiger partial charge in [0.1, 0.15) is 34.9 Å². The van der Waals surface area contributed by atoms with E-state index in [1.807, 2.05) is 18.4 Å². The van der Waals surface area contributed by atoms with Crippen molar-refractivity contribution in [3.8, 4) is 23.8 Å². The van der Waals surface area contributed by atoms with Crippen LogP contribution in [0.25, 0.3) is 23.8 Å². The predicted octanol–water partition coefficient (Wildman–Crippen LogP) is 7.18. The highest BCUT2D eigenvalue weighted by atomic mass is 32.1. The fraction of sp³-hybridized carbons (Fsp3) is 0.133. The zero-order valence-corrected chi connectivity index (χ0v) is 50.5. The second kappa shape index (κ2) is 28.6. The number of anilines is 4. The van der Waals surface area contributed by atoms with Gasteiger partial charge >= 0.3 is 0 Å². The number of benzene rings is 2. The van der Waals surface area contributed by atoms with Crippen LogP contribution in [0.5, 0.6) is 0 Å². The van der Waals surface area contributed by atoms with Gasteiger partial charge in [0.15, 0.2) is 5.76 Å². The topological polar surface area (TPSA) is 384 Å². The molecule has 0 fully saturated rings. The molecule has 0 unspecified atom stereocenters. The lowest BCUT2D eigenvalue weighted by Crippen LogP contribution is -2.19. The van der Waals surface area contributed by atoms with E-state index in [0.29, 0.717) is 62.8 Å². The number of furan rings is 1. The lowest BCUT2D eigenvalue weighted by Gasteiger charge is -2.09. The highest BCUT2D eigenvalue weighted by Crippen LogP contribution is 2.21. The van der Waals surface area contributed by atoms with E-state index in [9.17, 15) is 47.1 Å². The van der Waals surface area contributed by atoms with Gasteiger partial charge in [-0.2, -0.15) is 39.1 Å². The third-order valence-corrected chi connectivity index (χ3v) is 13.2. The summed E-state index contributed by atoms with van der Waals surface area (Å²) in [5.74, 6) is -0.763. The molecular formula is C60H54F2N20O9S. The molecule has 0 bridgehead atoms. The standard InChI is InChI=1S/2C16H14FN5O2.C14H13N5O3.C14H13N5O2S/c1-9-8-14(23)20-16(18-9)22-13(7-10(2)21-22)19-15(24)11-5-3-4-6-12(11)17;1-2-10-9-14(23)21-16(19-10)22-13(7-8-18-22)20-15(24)11-5-3-4-6-12(11)17;2*1-8-7-12(20)17-14(15-8)19-11(6-9(2)18-19)16-13(21)10-4-3-5-22-10/h3-8H,1-2H3,(H,19,24)(H,18,20,23);3-9H,2H2,1H3,(H,20,24)(H,19,21,23);2*3-7H,1-2H3,(H,16,21)(H,15,17,20). The summed E-state index contributed by atoms with van der Waals surface area (Å²) in [5, 5.41) is 29.2.